The molecule has 1 aliphatic rings. The number of nitrogens with one attached hydrogen (secondary N) is 3. The number of thiol groups is 1. The minimum absolute atomic E-state index is 0.124. The number of nitrogens with zero attached hydrogens (tertiary/aromatic N) is 1. The van der Waals surface area contributed by atoms with Crippen molar-refractivity contribution in [3.63, 3.8) is 0 Å². The lowest BCUT2D eigenvalue weighted by atomic mass is 9.77. The lowest BCUT2D eigenvalue weighted by Gasteiger charge is -2.37. The zero-order valence-corrected chi connectivity index (χ0v) is 26.4. The summed E-state index contributed by atoms with van der Waals surface area (Å²) >= 11 is 3.93. The van der Waals surface area contributed by atoms with Gasteiger partial charge in [-0.05, 0) is 36.5 Å². The first-order valence-corrected chi connectivity index (χ1v) is 15.7. The second-order valence-corrected chi connectivity index (χ2v) is 11.6. The van der Waals surface area contributed by atoms with Crippen molar-refractivity contribution in [2.45, 2.75) is 55.9 Å². The van der Waals surface area contributed by atoms with Crippen LogP contribution in [0.3, 0.4) is 0 Å². The van der Waals surface area contributed by atoms with Crippen LogP contribution in [0.2, 0.25) is 0 Å². The molecule has 1 aliphatic heterocycles. The highest BCUT2D eigenvalue weighted by Crippen LogP contribution is 2.37. The molecule has 12 heteroatoms. The van der Waals surface area contributed by atoms with Crippen molar-refractivity contribution in [1.29, 1.82) is 0 Å². The van der Waals surface area contributed by atoms with E-state index >= 15 is 0 Å². The summed E-state index contributed by atoms with van der Waals surface area (Å²) < 4.78 is 0. The molecular formula is C34H39N5O6S. The van der Waals surface area contributed by atoms with Gasteiger partial charge in [0.15, 0.2) is 0 Å². The van der Waals surface area contributed by atoms with Crippen LogP contribution in [0.1, 0.15) is 42.9 Å². The number of benzene rings is 3. The third-order valence-corrected chi connectivity index (χ3v) is 8.42. The van der Waals surface area contributed by atoms with Crippen LogP contribution >= 0.6 is 12.6 Å². The van der Waals surface area contributed by atoms with Crippen LogP contribution < -0.4 is 21.7 Å². The maximum atomic E-state index is 13.8. The Bertz CT molecular complexity index is 1430. The molecular weight excluding hydrogens is 606 g/mol. The number of aliphatic carboxylic acids is 1. The predicted molar refractivity (Wildman–Crippen MR) is 176 cm³/mol. The molecule has 0 spiro atoms. The van der Waals surface area contributed by atoms with Crippen LogP contribution in [0.4, 0.5) is 0 Å². The summed E-state index contributed by atoms with van der Waals surface area (Å²) in [7, 11) is 0. The monoisotopic (exact) mass is 645 g/mol. The summed E-state index contributed by atoms with van der Waals surface area (Å²) in [4.78, 5) is 65.5. The molecule has 0 aromatic heterocycles. The van der Waals surface area contributed by atoms with Crippen LogP contribution in [0.15, 0.2) is 91.0 Å². The number of carbonyl (C=O) groups excluding carboxylic acids is 4. The third kappa shape index (κ3) is 7.75. The van der Waals surface area contributed by atoms with Gasteiger partial charge in [0.25, 0.3) is 0 Å². The summed E-state index contributed by atoms with van der Waals surface area (Å²) in [6, 6.07) is 24.2. The van der Waals surface area contributed by atoms with E-state index in [1.54, 1.807) is 0 Å². The molecule has 0 bridgehead atoms. The number of amides is 4. The molecule has 0 radical (unpaired) electrons. The highest BCUT2D eigenvalue weighted by molar-refractivity contribution is 7.80. The summed E-state index contributed by atoms with van der Waals surface area (Å²) in [5.74, 6) is -3.66. The molecule has 0 saturated carbocycles. The van der Waals surface area contributed by atoms with Gasteiger partial charge >= 0.3 is 5.97 Å². The number of nitrogens with two attached hydrogens (primary N) is 1. The number of likely N-dealkylation sites (tertiary alicyclic amines) is 1. The van der Waals surface area contributed by atoms with Crippen molar-refractivity contribution in [1.82, 2.24) is 20.9 Å². The van der Waals surface area contributed by atoms with Crippen molar-refractivity contribution >= 4 is 42.2 Å². The van der Waals surface area contributed by atoms with E-state index in [-0.39, 0.29) is 18.7 Å². The SMILES string of the molecule is C[C@H](NC(=O)[C@@H]1CCCN1C(=O)[C@@H](N)CC(=O)NC(c1ccccc1)(c1ccccc1)c1ccccc1)C(=O)N[C@@H](CS)C(=O)O. The third-order valence-electron chi connectivity index (χ3n) is 8.06. The molecule has 1 saturated heterocycles. The van der Waals surface area contributed by atoms with Crippen molar-refractivity contribution < 1.29 is 29.1 Å². The first-order chi connectivity index (χ1) is 22.1. The second kappa shape index (κ2) is 15.5. The van der Waals surface area contributed by atoms with Crippen LogP contribution in [0.25, 0.3) is 0 Å². The number of carboxylic acid groups (broad SMARTS) is 1. The Kier molecular flexibility index (Phi) is 11.6. The molecule has 11 nitrogen and oxygen atoms in total. The molecule has 6 N–H and O–H groups in total. The van der Waals surface area contributed by atoms with Gasteiger partial charge in [-0.15, -0.1) is 0 Å². The van der Waals surface area contributed by atoms with Crippen LogP contribution in [-0.2, 0) is 29.5 Å². The number of hydrogen-bond acceptors (Lipinski definition) is 7. The van der Waals surface area contributed by atoms with Gasteiger partial charge in [-0.1, -0.05) is 91.0 Å². The second-order valence-electron chi connectivity index (χ2n) is 11.2. The number of hydrogen-bond donors (Lipinski definition) is 6. The molecule has 0 aliphatic carbocycles. The quantitative estimate of drug-likeness (QED) is 0.122. The molecule has 4 amide bonds. The standard InChI is InChI=1S/C34H39N5O6S/c1-22(30(41)37-27(21-46)33(44)45)36-31(42)28-18-11-19-39(28)32(43)26(35)20-29(40)38-34(23-12-5-2-6-13-23,24-14-7-3-8-15-24)25-16-9-4-10-17-25/h2-10,12-17,22,26-28,46H,11,18-21,35H2,1H3,(H,36,42)(H,37,41)(H,38,40)(H,44,45)/t22-,26-,27-,28-/m0/s1. The van der Waals surface area contributed by atoms with E-state index in [1.807, 2.05) is 91.0 Å². The number of rotatable bonds is 13. The zero-order valence-electron chi connectivity index (χ0n) is 25.5. The van der Waals surface area contributed by atoms with Crippen molar-refractivity contribution in [3.05, 3.63) is 108 Å². The van der Waals surface area contributed by atoms with Crippen LogP contribution in [-0.4, -0.2) is 76.1 Å². The van der Waals surface area contributed by atoms with Gasteiger partial charge in [-0.2, -0.15) is 12.6 Å². The van der Waals surface area contributed by atoms with E-state index in [9.17, 15) is 24.0 Å². The summed E-state index contributed by atoms with van der Waals surface area (Å²) in [6.45, 7) is 1.68. The Morgan fingerprint density at radius 3 is 1.85 bits per heavy atom. The lowest BCUT2D eigenvalue weighted by Crippen LogP contribution is -2.56. The molecule has 1 fully saturated rings. The Morgan fingerprint density at radius 2 is 1.39 bits per heavy atom. The summed E-state index contributed by atoms with van der Waals surface area (Å²) in [6.07, 6.45) is 0.540. The van der Waals surface area contributed by atoms with Crippen molar-refractivity contribution in [3.8, 4) is 0 Å². The smallest absolute Gasteiger partial charge is 0.327 e. The Balaban J connectivity index is 1.49. The maximum Gasteiger partial charge on any atom is 0.327 e. The molecule has 4 rings (SSSR count). The van der Waals surface area contributed by atoms with Crippen molar-refractivity contribution in [2.75, 3.05) is 12.3 Å². The fraction of sp³-hybridized carbons (Fsp3) is 0.324. The molecule has 1 heterocycles. The molecule has 3 aromatic rings. The van der Waals surface area contributed by atoms with Gasteiger partial charge in [-0.3, -0.25) is 19.2 Å². The van der Waals surface area contributed by atoms with Gasteiger partial charge in [0, 0.05) is 12.3 Å². The minimum atomic E-state index is -1.25. The van der Waals surface area contributed by atoms with E-state index in [1.165, 1.54) is 11.8 Å². The van der Waals surface area contributed by atoms with Gasteiger partial charge in [-0.25, -0.2) is 4.79 Å². The van der Waals surface area contributed by atoms with E-state index < -0.39 is 59.3 Å². The summed E-state index contributed by atoms with van der Waals surface area (Å²) in [5.41, 5.74) is 7.71. The fourth-order valence-corrected chi connectivity index (χ4v) is 5.95. The summed E-state index contributed by atoms with van der Waals surface area (Å²) in [5, 5.41) is 17.2. The van der Waals surface area contributed by atoms with E-state index in [4.69, 9.17) is 10.8 Å². The first kappa shape index (κ1) is 34.2. The maximum absolute atomic E-state index is 13.8. The number of carbonyl (C=O) groups is 5. The Hall–Kier alpha value is -4.68. The average Bonchev–Trinajstić information content (AvgIpc) is 3.57. The number of carboxylic acids is 1. The van der Waals surface area contributed by atoms with E-state index in [0.717, 1.165) is 16.7 Å². The van der Waals surface area contributed by atoms with Gasteiger partial charge in [0.1, 0.15) is 23.7 Å². The highest BCUT2D eigenvalue weighted by atomic mass is 32.1. The van der Waals surface area contributed by atoms with E-state index in [0.29, 0.717) is 12.8 Å². The molecule has 4 atom stereocenters. The molecule has 242 valence electrons. The topological polar surface area (TPSA) is 171 Å². The zero-order chi connectivity index (χ0) is 33.3. The Morgan fingerprint density at radius 1 is 0.891 bits per heavy atom. The fourth-order valence-electron chi connectivity index (χ4n) is 5.70. The Labute approximate surface area is 273 Å². The normalized spacial score (nSPS) is 16.5. The van der Waals surface area contributed by atoms with Crippen LogP contribution in [0, 0.1) is 0 Å². The molecule has 46 heavy (non-hydrogen) atoms. The van der Waals surface area contributed by atoms with Gasteiger partial charge in [0.05, 0.1) is 12.5 Å². The largest absolute Gasteiger partial charge is 0.480 e. The lowest BCUT2D eigenvalue weighted by molar-refractivity contribution is -0.142. The molecule has 3 aromatic carbocycles. The molecule has 0 unspecified atom stereocenters. The van der Waals surface area contributed by atoms with Crippen molar-refractivity contribution in [2.24, 2.45) is 5.73 Å². The van der Waals surface area contributed by atoms with Gasteiger partial charge in [0.2, 0.25) is 23.6 Å². The van der Waals surface area contributed by atoms with Gasteiger partial charge < -0.3 is 31.7 Å². The first-order valence-electron chi connectivity index (χ1n) is 15.1. The average molecular weight is 646 g/mol. The van der Waals surface area contributed by atoms with Crippen LogP contribution in [0.5, 0.6) is 0 Å². The minimum Gasteiger partial charge on any atom is -0.480 e. The van der Waals surface area contributed by atoms with E-state index in [2.05, 4.69) is 28.6 Å². The predicted octanol–water partition coefficient (Wildman–Crippen LogP) is 1.81. The highest BCUT2D eigenvalue weighted by Gasteiger charge is 2.40.